The van der Waals surface area contributed by atoms with Crippen LogP contribution in [0.3, 0.4) is 0 Å². The van der Waals surface area contributed by atoms with Crippen molar-refractivity contribution in [1.29, 1.82) is 0 Å². The van der Waals surface area contributed by atoms with Crippen LogP contribution in [-0.4, -0.2) is 50.5 Å². The molecule has 0 spiro atoms. The van der Waals surface area contributed by atoms with Gasteiger partial charge in [0.15, 0.2) is 0 Å². The molecule has 2 aromatic rings. The van der Waals surface area contributed by atoms with Crippen molar-refractivity contribution in [2.24, 2.45) is 0 Å². The van der Waals surface area contributed by atoms with Crippen LogP contribution < -0.4 is 9.62 Å². The average Bonchev–Trinajstić information content (AvgIpc) is 2.72. The van der Waals surface area contributed by atoms with Crippen molar-refractivity contribution in [3.63, 3.8) is 0 Å². The normalized spacial score (nSPS) is 12.2. The molecule has 0 aliphatic heterocycles. The highest BCUT2D eigenvalue weighted by atomic mass is 32.2. The van der Waals surface area contributed by atoms with Crippen LogP contribution in [0.2, 0.25) is 0 Å². The number of rotatable bonds is 9. The zero-order valence-electron chi connectivity index (χ0n) is 19.7. The Kier molecular flexibility index (Phi) is 8.44. The number of amides is 2. The van der Waals surface area contributed by atoms with Crippen LogP contribution in [0.1, 0.15) is 36.1 Å². The predicted molar refractivity (Wildman–Crippen MR) is 128 cm³/mol. The molecule has 1 N–H and O–H groups in total. The second-order valence-corrected chi connectivity index (χ2v) is 9.96. The molecule has 0 bridgehead atoms. The predicted octanol–water partition coefficient (Wildman–Crippen LogP) is 2.93. The van der Waals surface area contributed by atoms with Crippen LogP contribution in [0, 0.1) is 20.8 Å². The molecule has 0 aliphatic carbocycles. The Morgan fingerprint density at radius 3 is 2.22 bits per heavy atom. The number of carbonyl (C=O) groups excluding carboxylic acids is 2. The third-order valence-electron chi connectivity index (χ3n) is 5.58. The molecule has 0 radical (unpaired) electrons. The van der Waals surface area contributed by atoms with Gasteiger partial charge in [-0.3, -0.25) is 13.9 Å². The molecule has 2 rings (SSSR count). The average molecular weight is 460 g/mol. The standard InChI is InChI=1S/C24H33N3O4S/c1-7-25-24(29)20(5)26(15-21-11-9-8-10-18(21)3)23(28)16-27(32(6,30)31)22-13-12-17(2)19(4)14-22/h8-14,20H,7,15-16H2,1-6H3,(H,25,29). The first-order valence-corrected chi connectivity index (χ1v) is 12.5. The van der Waals surface area contributed by atoms with Crippen molar-refractivity contribution in [3.8, 4) is 0 Å². The van der Waals surface area contributed by atoms with Gasteiger partial charge in [-0.15, -0.1) is 0 Å². The van der Waals surface area contributed by atoms with Gasteiger partial charge in [0.1, 0.15) is 12.6 Å². The molecule has 0 saturated carbocycles. The molecule has 7 nitrogen and oxygen atoms in total. The van der Waals surface area contributed by atoms with E-state index in [2.05, 4.69) is 5.32 Å². The van der Waals surface area contributed by atoms with E-state index in [0.29, 0.717) is 12.2 Å². The second kappa shape index (κ2) is 10.6. The molecular weight excluding hydrogens is 426 g/mol. The highest BCUT2D eigenvalue weighted by Gasteiger charge is 2.30. The molecule has 32 heavy (non-hydrogen) atoms. The van der Waals surface area contributed by atoms with Crippen LogP contribution >= 0.6 is 0 Å². The fourth-order valence-electron chi connectivity index (χ4n) is 3.37. The van der Waals surface area contributed by atoms with Gasteiger partial charge in [-0.1, -0.05) is 30.3 Å². The molecule has 0 saturated heterocycles. The summed E-state index contributed by atoms with van der Waals surface area (Å²) >= 11 is 0. The molecule has 1 atom stereocenters. The van der Waals surface area contributed by atoms with Crippen molar-refractivity contribution in [3.05, 3.63) is 64.7 Å². The van der Waals surface area contributed by atoms with Gasteiger partial charge in [-0.05, 0) is 69.0 Å². The molecule has 8 heteroatoms. The Morgan fingerprint density at radius 2 is 1.66 bits per heavy atom. The van der Waals surface area contributed by atoms with Gasteiger partial charge < -0.3 is 10.2 Å². The first kappa shape index (κ1) is 25.4. The lowest BCUT2D eigenvalue weighted by Gasteiger charge is -2.32. The molecule has 1 unspecified atom stereocenters. The Bertz CT molecular complexity index is 1080. The Balaban J connectivity index is 2.42. The van der Waals surface area contributed by atoms with Crippen LogP contribution in [0.15, 0.2) is 42.5 Å². The number of nitrogens with zero attached hydrogens (tertiary/aromatic N) is 2. The lowest BCUT2D eigenvalue weighted by atomic mass is 10.1. The van der Waals surface area contributed by atoms with Crippen LogP contribution in [0.25, 0.3) is 0 Å². The molecular formula is C24H33N3O4S. The smallest absolute Gasteiger partial charge is 0.244 e. The summed E-state index contributed by atoms with van der Waals surface area (Å²) in [6.45, 7) is 9.48. The van der Waals surface area contributed by atoms with Crippen molar-refractivity contribution < 1.29 is 18.0 Å². The van der Waals surface area contributed by atoms with Crippen LogP contribution in [0.4, 0.5) is 5.69 Å². The third kappa shape index (κ3) is 6.32. The quantitative estimate of drug-likeness (QED) is 0.625. The number of hydrogen-bond donors (Lipinski definition) is 1. The monoisotopic (exact) mass is 459 g/mol. The van der Waals surface area contributed by atoms with Crippen LogP contribution in [0.5, 0.6) is 0 Å². The summed E-state index contributed by atoms with van der Waals surface area (Å²) in [6, 6.07) is 12.1. The molecule has 0 aliphatic rings. The fourth-order valence-corrected chi connectivity index (χ4v) is 4.21. The Hall–Kier alpha value is -2.87. The zero-order chi connectivity index (χ0) is 24.1. The highest BCUT2D eigenvalue weighted by molar-refractivity contribution is 7.92. The number of hydrogen-bond acceptors (Lipinski definition) is 4. The molecule has 0 fully saturated rings. The summed E-state index contributed by atoms with van der Waals surface area (Å²) < 4.78 is 26.3. The maximum Gasteiger partial charge on any atom is 0.244 e. The van der Waals surface area contributed by atoms with Gasteiger partial charge in [-0.2, -0.15) is 0 Å². The first-order valence-electron chi connectivity index (χ1n) is 10.6. The van der Waals surface area contributed by atoms with E-state index in [0.717, 1.165) is 32.8 Å². The molecule has 2 aromatic carbocycles. The van der Waals surface area contributed by atoms with E-state index in [1.807, 2.05) is 58.0 Å². The zero-order valence-corrected chi connectivity index (χ0v) is 20.5. The van der Waals surface area contributed by atoms with Crippen molar-refractivity contribution in [1.82, 2.24) is 10.2 Å². The minimum absolute atomic E-state index is 0.203. The second-order valence-electron chi connectivity index (χ2n) is 8.06. The number of aryl methyl sites for hydroxylation is 3. The Morgan fingerprint density at radius 1 is 1.00 bits per heavy atom. The first-order chi connectivity index (χ1) is 15.0. The third-order valence-corrected chi connectivity index (χ3v) is 6.72. The van der Waals surface area contributed by atoms with Gasteiger partial charge in [0.2, 0.25) is 21.8 Å². The fraction of sp³-hybridized carbons (Fsp3) is 0.417. The van der Waals surface area contributed by atoms with Crippen molar-refractivity contribution in [2.75, 3.05) is 23.7 Å². The van der Waals surface area contributed by atoms with E-state index < -0.39 is 28.5 Å². The van der Waals surface area contributed by atoms with Gasteiger partial charge in [0, 0.05) is 13.1 Å². The number of sulfonamides is 1. The summed E-state index contributed by atoms with van der Waals surface area (Å²) in [5.74, 6) is -0.734. The van der Waals surface area contributed by atoms with Crippen molar-refractivity contribution in [2.45, 2.75) is 47.2 Å². The highest BCUT2D eigenvalue weighted by Crippen LogP contribution is 2.22. The van der Waals surface area contributed by atoms with E-state index in [1.165, 1.54) is 4.90 Å². The SMILES string of the molecule is CCNC(=O)C(C)N(Cc1ccccc1C)C(=O)CN(c1ccc(C)c(C)c1)S(C)(=O)=O. The summed E-state index contributed by atoms with van der Waals surface area (Å²) in [5.41, 5.74) is 4.26. The topological polar surface area (TPSA) is 86.8 Å². The van der Waals surface area contributed by atoms with Gasteiger partial charge in [0.25, 0.3) is 0 Å². The molecule has 0 heterocycles. The lowest BCUT2D eigenvalue weighted by molar-refractivity contribution is -0.139. The Labute approximate surface area is 191 Å². The largest absolute Gasteiger partial charge is 0.355 e. The van der Waals surface area contributed by atoms with E-state index in [-0.39, 0.29) is 12.5 Å². The van der Waals surface area contributed by atoms with E-state index >= 15 is 0 Å². The number of anilines is 1. The maximum atomic E-state index is 13.4. The minimum Gasteiger partial charge on any atom is -0.355 e. The van der Waals surface area contributed by atoms with E-state index in [1.54, 1.807) is 19.1 Å². The van der Waals surface area contributed by atoms with Gasteiger partial charge in [0.05, 0.1) is 11.9 Å². The van der Waals surface area contributed by atoms with Gasteiger partial charge in [-0.25, -0.2) is 8.42 Å². The van der Waals surface area contributed by atoms with Crippen molar-refractivity contribution >= 4 is 27.5 Å². The van der Waals surface area contributed by atoms with E-state index in [4.69, 9.17) is 0 Å². The van der Waals surface area contributed by atoms with Crippen LogP contribution in [-0.2, 0) is 26.2 Å². The molecule has 174 valence electrons. The number of benzene rings is 2. The number of nitrogens with one attached hydrogen (secondary N) is 1. The summed E-state index contributed by atoms with van der Waals surface area (Å²) in [5, 5.41) is 2.75. The maximum absolute atomic E-state index is 13.4. The molecule has 0 aromatic heterocycles. The lowest BCUT2D eigenvalue weighted by Crippen LogP contribution is -2.51. The van der Waals surface area contributed by atoms with Gasteiger partial charge >= 0.3 is 0 Å². The summed E-state index contributed by atoms with van der Waals surface area (Å²) in [4.78, 5) is 27.4. The van der Waals surface area contributed by atoms with E-state index in [9.17, 15) is 18.0 Å². The summed E-state index contributed by atoms with van der Waals surface area (Å²) in [7, 11) is -3.73. The molecule has 2 amide bonds. The number of likely N-dealkylation sites (N-methyl/N-ethyl adjacent to an activating group) is 1. The minimum atomic E-state index is -3.73. The summed E-state index contributed by atoms with van der Waals surface area (Å²) in [6.07, 6.45) is 1.08. The number of carbonyl (C=O) groups is 2.